The number of halogens is 1. The Bertz CT molecular complexity index is 507. The van der Waals surface area contributed by atoms with Gasteiger partial charge in [-0.1, -0.05) is 6.42 Å². The molecule has 1 fully saturated rings. The average Bonchev–Trinajstić information content (AvgIpc) is 2.40. The van der Waals surface area contributed by atoms with Crippen molar-refractivity contribution in [3.63, 3.8) is 0 Å². The summed E-state index contributed by atoms with van der Waals surface area (Å²) in [6.45, 7) is 3.78. The second kappa shape index (κ2) is 6.54. The van der Waals surface area contributed by atoms with E-state index >= 15 is 0 Å². The quantitative estimate of drug-likeness (QED) is 0.671. The minimum atomic E-state index is -0.348. The fourth-order valence-corrected chi connectivity index (χ4v) is 3.10. The van der Waals surface area contributed by atoms with Gasteiger partial charge in [-0.25, -0.2) is 0 Å². The molecule has 110 valence electrons. The van der Waals surface area contributed by atoms with Crippen LogP contribution in [0.5, 0.6) is 0 Å². The number of nitrogens with one attached hydrogen (secondary N) is 1. The van der Waals surface area contributed by atoms with E-state index in [0.29, 0.717) is 11.6 Å². The molecular formula is C14H20BrN3O2. The number of piperidine rings is 1. The molecule has 1 aliphatic rings. The molecule has 20 heavy (non-hydrogen) atoms. The van der Waals surface area contributed by atoms with Crippen LogP contribution in [0, 0.1) is 17.0 Å². The van der Waals surface area contributed by atoms with Gasteiger partial charge in [0, 0.05) is 34.4 Å². The number of likely N-dealkylation sites (tertiary alicyclic amines) is 1. The van der Waals surface area contributed by atoms with Gasteiger partial charge in [0.15, 0.2) is 0 Å². The van der Waals surface area contributed by atoms with Gasteiger partial charge in [0.2, 0.25) is 0 Å². The maximum Gasteiger partial charge on any atom is 0.273 e. The normalized spacial score (nSPS) is 19.9. The number of aryl methyl sites for hydroxylation is 1. The number of nitrogens with zero attached hydrogens (tertiary/aromatic N) is 2. The van der Waals surface area contributed by atoms with Gasteiger partial charge in [-0.2, -0.15) is 0 Å². The van der Waals surface area contributed by atoms with Crippen LogP contribution in [-0.2, 0) is 0 Å². The molecule has 2 rings (SSSR count). The van der Waals surface area contributed by atoms with E-state index in [0.717, 1.165) is 23.2 Å². The highest BCUT2D eigenvalue weighted by molar-refractivity contribution is 9.10. The highest BCUT2D eigenvalue weighted by atomic mass is 79.9. The lowest BCUT2D eigenvalue weighted by atomic mass is 10.0. The summed E-state index contributed by atoms with van der Waals surface area (Å²) in [5, 5.41) is 14.3. The summed E-state index contributed by atoms with van der Waals surface area (Å²) in [4.78, 5) is 12.9. The van der Waals surface area contributed by atoms with E-state index in [4.69, 9.17) is 0 Å². The number of hydrogen-bond donors (Lipinski definition) is 1. The molecule has 0 saturated carbocycles. The van der Waals surface area contributed by atoms with E-state index in [-0.39, 0.29) is 10.6 Å². The summed E-state index contributed by atoms with van der Waals surface area (Å²) >= 11 is 3.41. The third-order valence-corrected chi connectivity index (χ3v) is 4.59. The Morgan fingerprint density at radius 3 is 2.90 bits per heavy atom. The van der Waals surface area contributed by atoms with Crippen LogP contribution in [0.1, 0.15) is 24.8 Å². The predicted molar refractivity (Wildman–Crippen MR) is 84.3 cm³/mol. The summed E-state index contributed by atoms with van der Waals surface area (Å²) in [7, 11) is 2.15. The number of benzene rings is 1. The van der Waals surface area contributed by atoms with Gasteiger partial charge in [-0.05, 0) is 55.4 Å². The van der Waals surface area contributed by atoms with Crippen LogP contribution in [0.25, 0.3) is 0 Å². The van der Waals surface area contributed by atoms with Gasteiger partial charge in [0.05, 0.1) is 4.92 Å². The Kier molecular flexibility index (Phi) is 4.99. The van der Waals surface area contributed by atoms with Crippen LogP contribution >= 0.6 is 15.9 Å². The fourth-order valence-electron chi connectivity index (χ4n) is 2.63. The van der Waals surface area contributed by atoms with Crippen molar-refractivity contribution in [2.75, 3.05) is 25.5 Å². The molecule has 0 aliphatic carbocycles. The minimum absolute atomic E-state index is 0.150. The molecule has 1 heterocycles. The number of rotatable bonds is 4. The maximum absolute atomic E-state index is 10.9. The smallest absolute Gasteiger partial charge is 0.273 e. The molecule has 0 bridgehead atoms. The predicted octanol–water partition coefficient (Wildman–Crippen LogP) is 3.56. The van der Waals surface area contributed by atoms with Gasteiger partial charge >= 0.3 is 0 Å². The van der Waals surface area contributed by atoms with Gasteiger partial charge in [0.1, 0.15) is 0 Å². The number of hydrogen-bond acceptors (Lipinski definition) is 4. The number of nitro benzene ring substituents is 1. The number of likely N-dealkylation sites (N-methyl/N-ethyl adjacent to an activating group) is 1. The lowest BCUT2D eigenvalue weighted by Crippen LogP contribution is -2.40. The van der Waals surface area contributed by atoms with Gasteiger partial charge < -0.3 is 10.2 Å². The second-order valence-electron chi connectivity index (χ2n) is 5.39. The van der Waals surface area contributed by atoms with Crippen molar-refractivity contribution in [2.45, 2.75) is 32.2 Å². The molecule has 0 spiro atoms. The van der Waals surface area contributed by atoms with E-state index < -0.39 is 0 Å². The minimum Gasteiger partial charge on any atom is -0.383 e. The Morgan fingerprint density at radius 2 is 2.25 bits per heavy atom. The van der Waals surface area contributed by atoms with Crippen LogP contribution in [0.4, 0.5) is 11.4 Å². The van der Waals surface area contributed by atoms with Crippen LogP contribution in [-0.4, -0.2) is 36.0 Å². The zero-order valence-corrected chi connectivity index (χ0v) is 13.4. The Hall–Kier alpha value is -1.14. The monoisotopic (exact) mass is 341 g/mol. The Balaban J connectivity index is 2.06. The Labute approximate surface area is 127 Å². The fraction of sp³-hybridized carbons (Fsp3) is 0.571. The van der Waals surface area contributed by atoms with Crippen molar-refractivity contribution in [3.8, 4) is 0 Å². The van der Waals surface area contributed by atoms with Crippen LogP contribution in [0.2, 0.25) is 0 Å². The van der Waals surface area contributed by atoms with Gasteiger partial charge in [0.25, 0.3) is 5.69 Å². The van der Waals surface area contributed by atoms with Crippen molar-refractivity contribution in [3.05, 3.63) is 32.3 Å². The molecule has 1 aliphatic heterocycles. The summed E-state index contributed by atoms with van der Waals surface area (Å²) in [6.07, 6.45) is 3.75. The molecule has 5 nitrogen and oxygen atoms in total. The van der Waals surface area contributed by atoms with E-state index in [2.05, 4.69) is 33.2 Å². The molecule has 0 aromatic heterocycles. The van der Waals surface area contributed by atoms with Crippen molar-refractivity contribution in [1.29, 1.82) is 0 Å². The molecule has 1 aromatic carbocycles. The summed E-state index contributed by atoms with van der Waals surface area (Å²) in [5.41, 5.74) is 1.75. The van der Waals surface area contributed by atoms with Crippen LogP contribution in [0.15, 0.2) is 16.6 Å². The van der Waals surface area contributed by atoms with Gasteiger partial charge in [-0.15, -0.1) is 0 Å². The first-order valence-corrected chi connectivity index (χ1v) is 7.67. The molecule has 0 radical (unpaired) electrons. The largest absolute Gasteiger partial charge is 0.383 e. The number of nitro groups is 1. The molecule has 0 amide bonds. The van der Waals surface area contributed by atoms with E-state index in [9.17, 15) is 10.1 Å². The van der Waals surface area contributed by atoms with Crippen molar-refractivity contribution < 1.29 is 4.92 Å². The van der Waals surface area contributed by atoms with Crippen molar-refractivity contribution in [1.82, 2.24) is 4.90 Å². The molecule has 6 heteroatoms. The first-order chi connectivity index (χ1) is 9.49. The highest BCUT2D eigenvalue weighted by Crippen LogP contribution is 2.31. The van der Waals surface area contributed by atoms with Crippen LogP contribution < -0.4 is 5.32 Å². The van der Waals surface area contributed by atoms with Crippen molar-refractivity contribution >= 4 is 27.3 Å². The summed E-state index contributed by atoms with van der Waals surface area (Å²) < 4.78 is 0.744. The van der Waals surface area contributed by atoms with E-state index in [1.807, 2.05) is 6.07 Å². The van der Waals surface area contributed by atoms with E-state index in [1.165, 1.54) is 19.3 Å². The molecular weight excluding hydrogens is 322 g/mol. The third-order valence-electron chi connectivity index (χ3n) is 3.93. The average molecular weight is 342 g/mol. The standard InChI is InChI=1S/C14H20BrN3O2/c1-10-7-13(12(15)8-14(10)18(19)20)16-9-11-5-3-4-6-17(11)2/h7-8,11,16H,3-6,9H2,1-2H3. The van der Waals surface area contributed by atoms with Crippen LogP contribution in [0.3, 0.4) is 0 Å². The number of anilines is 1. The molecule has 1 aromatic rings. The zero-order chi connectivity index (χ0) is 14.7. The summed E-state index contributed by atoms with van der Waals surface area (Å²) in [5.74, 6) is 0. The van der Waals surface area contributed by atoms with Crippen molar-refractivity contribution in [2.24, 2.45) is 0 Å². The first-order valence-electron chi connectivity index (χ1n) is 6.87. The lowest BCUT2D eigenvalue weighted by molar-refractivity contribution is -0.385. The first kappa shape index (κ1) is 15.3. The third kappa shape index (κ3) is 3.49. The molecule has 1 atom stereocenters. The zero-order valence-electron chi connectivity index (χ0n) is 11.9. The topological polar surface area (TPSA) is 58.4 Å². The van der Waals surface area contributed by atoms with E-state index in [1.54, 1.807) is 13.0 Å². The van der Waals surface area contributed by atoms with Gasteiger partial charge in [-0.3, -0.25) is 10.1 Å². The lowest BCUT2D eigenvalue weighted by Gasteiger charge is -2.32. The molecule has 1 unspecified atom stereocenters. The Morgan fingerprint density at radius 1 is 1.50 bits per heavy atom. The molecule has 1 saturated heterocycles. The molecule has 1 N–H and O–H groups in total. The maximum atomic E-state index is 10.9. The summed E-state index contributed by atoms with van der Waals surface area (Å²) in [6, 6.07) is 3.94. The highest BCUT2D eigenvalue weighted by Gasteiger charge is 2.19. The SMILES string of the molecule is Cc1cc(NCC2CCCCN2C)c(Br)cc1[N+](=O)[O-]. The second-order valence-corrected chi connectivity index (χ2v) is 6.24.